The summed E-state index contributed by atoms with van der Waals surface area (Å²) in [6.07, 6.45) is 0. The molecule has 17 heavy (non-hydrogen) atoms. The predicted molar refractivity (Wildman–Crippen MR) is 66.6 cm³/mol. The average Bonchev–Trinajstić information content (AvgIpc) is 2.82. The SMILES string of the molecule is Cc1nc(C)c(-c2nc3c(F)cccc3[nH]2)s1. The van der Waals surface area contributed by atoms with Gasteiger partial charge in [0.15, 0.2) is 11.6 Å². The summed E-state index contributed by atoms with van der Waals surface area (Å²) in [5, 5.41) is 0.985. The molecule has 2 aromatic heterocycles. The number of fused-ring (bicyclic) bond motifs is 1. The van der Waals surface area contributed by atoms with Crippen molar-refractivity contribution in [1.29, 1.82) is 0 Å². The molecule has 0 saturated heterocycles. The lowest BCUT2D eigenvalue weighted by Gasteiger charge is -1.90. The first kappa shape index (κ1) is 10.4. The molecule has 1 N–H and O–H groups in total. The van der Waals surface area contributed by atoms with Crippen LogP contribution in [0.2, 0.25) is 0 Å². The molecule has 0 aliphatic heterocycles. The van der Waals surface area contributed by atoms with Gasteiger partial charge in [0.2, 0.25) is 0 Å². The fraction of sp³-hybridized carbons (Fsp3) is 0.167. The number of para-hydroxylation sites is 1. The van der Waals surface area contributed by atoms with Crippen LogP contribution in [0.5, 0.6) is 0 Å². The van der Waals surface area contributed by atoms with Gasteiger partial charge in [0, 0.05) is 0 Å². The Balaban J connectivity index is 2.25. The molecule has 1 aromatic carbocycles. The highest BCUT2D eigenvalue weighted by Crippen LogP contribution is 2.29. The van der Waals surface area contributed by atoms with E-state index in [2.05, 4.69) is 15.0 Å². The number of nitrogens with zero attached hydrogens (tertiary/aromatic N) is 2. The molecule has 0 spiro atoms. The zero-order chi connectivity index (χ0) is 12.0. The number of hydrogen-bond acceptors (Lipinski definition) is 3. The van der Waals surface area contributed by atoms with E-state index in [4.69, 9.17) is 0 Å². The fourth-order valence-electron chi connectivity index (χ4n) is 1.86. The number of imidazole rings is 1. The first-order valence-electron chi connectivity index (χ1n) is 5.24. The normalized spacial score (nSPS) is 11.2. The van der Waals surface area contributed by atoms with Crippen LogP contribution < -0.4 is 0 Å². The van der Waals surface area contributed by atoms with Crippen LogP contribution in [-0.4, -0.2) is 15.0 Å². The number of rotatable bonds is 1. The molecule has 0 fully saturated rings. The zero-order valence-electron chi connectivity index (χ0n) is 9.41. The van der Waals surface area contributed by atoms with E-state index >= 15 is 0 Å². The molecule has 3 nitrogen and oxygen atoms in total. The van der Waals surface area contributed by atoms with E-state index in [0.29, 0.717) is 16.9 Å². The Kier molecular flexibility index (Phi) is 2.22. The minimum atomic E-state index is -0.302. The van der Waals surface area contributed by atoms with Crippen molar-refractivity contribution in [1.82, 2.24) is 15.0 Å². The minimum Gasteiger partial charge on any atom is -0.337 e. The van der Waals surface area contributed by atoms with Crippen LogP contribution in [0.25, 0.3) is 21.7 Å². The number of aromatic amines is 1. The van der Waals surface area contributed by atoms with Crippen LogP contribution in [0.1, 0.15) is 10.7 Å². The number of aromatic nitrogens is 3. The van der Waals surface area contributed by atoms with Gasteiger partial charge in [-0.15, -0.1) is 11.3 Å². The third-order valence-corrected chi connectivity index (χ3v) is 3.66. The lowest BCUT2D eigenvalue weighted by atomic mass is 10.3. The highest BCUT2D eigenvalue weighted by atomic mass is 32.1. The Labute approximate surface area is 101 Å². The van der Waals surface area contributed by atoms with Gasteiger partial charge >= 0.3 is 0 Å². The van der Waals surface area contributed by atoms with Gasteiger partial charge in [0.1, 0.15) is 5.52 Å². The molecule has 0 unspecified atom stereocenters. The molecule has 0 aliphatic rings. The van der Waals surface area contributed by atoms with Crippen molar-refractivity contribution in [3.63, 3.8) is 0 Å². The first-order chi connectivity index (χ1) is 8.15. The smallest absolute Gasteiger partial charge is 0.151 e. The van der Waals surface area contributed by atoms with E-state index in [-0.39, 0.29) is 5.82 Å². The number of H-pyrrole nitrogens is 1. The summed E-state index contributed by atoms with van der Waals surface area (Å²) in [4.78, 5) is 12.7. The molecule has 0 aliphatic carbocycles. The van der Waals surface area contributed by atoms with E-state index in [9.17, 15) is 4.39 Å². The van der Waals surface area contributed by atoms with Gasteiger partial charge in [-0.1, -0.05) is 6.07 Å². The summed E-state index contributed by atoms with van der Waals surface area (Å²) >= 11 is 1.56. The lowest BCUT2D eigenvalue weighted by Crippen LogP contribution is -1.80. The second-order valence-corrected chi connectivity index (χ2v) is 5.07. The van der Waals surface area contributed by atoms with E-state index in [1.807, 2.05) is 19.9 Å². The second kappa shape index (κ2) is 3.63. The van der Waals surface area contributed by atoms with Crippen molar-refractivity contribution >= 4 is 22.4 Å². The largest absolute Gasteiger partial charge is 0.337 e. The molecule has 0 saturated carbocycles. The number of thiazole rings is 1. The van der Waals surface area contributed by atoms with Crippen LogP contribution in [-0.2, 0) is 0 Å². The van der Waals surface area contributed by atoms with Crippen molar-refractivity contribution in [2.24, 2.45) is 0 Å². The van der Waals surface area contributed by atoms with E-state index in [1.54, 1.807) is 17.4 Å². The maximum Gasteiger partial charge on any atom is 0.151 e. The molecule has 3 rings (SSSR count). The Morgan fingerprint density at radius 3 is 2.71 bits per heavy atom. The second-order valence-electron chi connectivity index (χ2n) is 3.87. The minimum absolute atomic E-state index is 0.302. The molecule has 5 heteroatoms. The molecule has 0 atom stereocenters. The summed E-state index contributed by atoms with van der Waals surface area (Å²) in [6.45, 7) is 3.88. The Hall–Kier alpha value is -1.75. The lowest BCUT2D eigenvalue weighted by molar-refractivity contribution is 0.637. The number of benzene rings is 1. The number of hydrogen-bond donors (Lipinski definition) is 1. The summed E-state index contributed by atoms with van der Waals surface area (Å²) in [5.74, 6) is 0.386. The van der Waals surface area contributed by atoms with E-state index in [1.165, 1.54) is 6.07 Å². The first-order valence-corrected chi connectivity index (χ1v) is 6.05. The molecule has 86 valence electrons. The summed E-state index contributed by atoms with van der Waals surface area (Å²) in [6, 6.07) is 4.90. The van der Waals surface area contributed by atoms with Gasteiger partial charge < -0.3 is 4.98 Å². The summed E-state index contributed by atoms with van der Waals surface area (Å²) < 4.78 is 13.5. The van der Waals surface area contributed by atoms with Crippen molar-refractivity contribution in [3.05, 3.63) is 34.7 Å². The maximum atomic E-state index is 13.5. The predicted octanol–water partition coefficient (Wildman–Crippen LogP) is 3.44. The van der Waals surface area contributed by atoms with Crippen LogP contribution in [0.15, 0.2) is 18.2 Å². The van der Waals surface area contributed by atoms with Crippen molar-refractivity contribution < 1.29 is 4.39 Å². The average molecular weight is 247 g/mol. The number of nitrogens with one attached hydrogen (secondary N) is 1. The quantitative estimate of drug-likeness (QED) is 0.715. The third kappa shape index (κ3) is 1.63. The highest BCUT2D eigenvalue weighted by Gasteiger charge is 2.13. The Morgan fingerprint density at radius 1 is 1.24 bits per heavy atom. The van der Waals surface area contributed by atoms with Crippen molar-refractivity contribution in [3.8, 4) is 10.7 Å². The van der Waals surface area contributed by atoms with Crippen molar-refractivity contribution in [2.45, 2.75) is 13.8 Å². The molecule has 3 aromatic rings. The van der Waals surface area contributed by atoms with Crippen LogP contribution in [0.4, 0.5) is 4.39 Å². The molecular formula is C12H10FN3S. The molecule has 0 amide bonds. The van der Waals surface area contributed by atoms with E-state index in [0.717, 1.165) is 15.6 Å². The van der Waals surface area contributed by atoms with Crippen LogP contribution in [0.3, 0.4) is 0 Å². The summed E-state index contributed by atoms with van der Waals surface area (Å²) in [7, 11) is 0. The van der Waals surface area contributed by atoms with Crippen molar-refractivity contribution in [2.75, 3.05) is 0 Å². The fourth-order valence-corrected chi connectivity index (χ4v) is 2.72. The van der Waals surface area contributed by atoms with Crippen LogP contribution >= 0.6 is 11.3 Å². The Bertz CT molecular complexity index is 699. The molecule has 0 bridgehead atoms. The monoisotopic (exact) mass is 247 g/mol. The van der Waals surface area contributed by atoms with Gasteiger partial charge in [0.25, 0.3) is 0 Å². The summed E-state index contributed by atoms with van der Waals surface area (Å²) in [5.41, 5.74) is 2.02. The highest BCUT2D eigenvalue weighted by molar-refractivity contribution is 7.15. The van der Waals surface area contributed by atoms with Gasteiger partial charge in [0.05, 0.1) is 21.1 Å². The van der Waals surface area contributed by atoms with E-state index < -0.39 is 0 Å². The molecular weight excluding hydrogens is 237 g/mol. The topological polar surface area (TPSA) is 41.6 Å². The standard InChI is InChI=1S/C12H10FN3S/c1-6-11(17-7(2)14-6)12-15-9-5-3-4-8(13)10(9)16-12/h3-5H,1-2H3,(H,15,16). The maximum absolute atomic E-state index is 13.5. The number of aryl methyl sites for hydroxylation is 2. The van der Waals surface area contributed by atoms with Gasteiger partial charge in [-0.2, -0.15) is 0 Å². The molecule has 2 heterocycles. The van der Waals surface area contributed by atoms with Crippen LogP contribution in [0, 0.1) is 19.7 Å². The van der Waals surface area contributed by atoms with Gasteiger partial charge in [-0.25, -0.2) is 14.4 Å². The third-order valence-electron chi connectivity index (χ3n) is 2.58. The zero-order valence-corrected chi connectivity index (χ0v) is 10.2. The number of halogens is 1. The van der Waals surface area contributed by atoms with Gasteiger partial charge in [-0.05, 0) is 26.0 Å². The molecule has 0 radical (unpaired) electrons. The Morgan fingerprint density at radius 2 is 2.06 bits per heavy atom. The van der Waals surface area contributed by atoms with Gasteiger partial charge in [-0.3, -0.25) is 0 Å².